The average Bonchev–Trinajstić information content (AvgIpc) is 2.59. The van der Waals surface area contributed by atoms with Gasteiger partial charge in [0.1, 0.15) is 0 Å². The molecule has 0 radical (unpaired) electrons. The monoisotopic (exact) mass is 382 g/mol. The lowest BCUT2D eigenvalue weighted by Gasteiger charge is -2.40. The summed E-state index contributed by atoms with van der Waals surface area (Å²) < 4.78 is 0. The predicted octanol–water partition coefficient (Wildman–Crippen LogP) is 5.73. The van der Waals surface area contributed by atoms with Gasteiger partial charge in [-0.25, -0.2) is 4.79 Å². The lowest BCUT2D eigenvalue weighted by Crippen LogP contribution is -2.42. The topological polar surface area (TPSA) is 52.9 Å². The summed E-state index contributed by atoms with van der Waals surface area (Å²) in [5, 5.41) is 9.88. The zero-order valence-electron chi connectivity index (χ0n) is 16.2. The molecule has 2 aromatic carbocycles. The number of allylic oxidation sites excluding steroid dienone is 1. The van der Waals surface area contributed by atoms with E-state index < -0.39 is 5.97 Å². The van der Waals surface area contributed by atoms with E-state index in [-0.39, 0.29) is 11.1 Å². The molecule has 0 aromatic heterocycles. The number of rotatable bonds is 3. The minimum atomic E-state index is -0.956. The van der Waals surface area contributed by atoms with Gasteiger partial charge < -0.3 is 10.0 Å². The largest absolute Gasteiger partial charge is 0.478 e. The zero-order chi connectivity index (χ0) is 19.9. The summed E-state index contributed by atoms with van der Waals surface area (Å²) in [7, 11) is 2.06. The van der Waals surface area contributed by atoms with Crippen LogP contribution in [0.3, 0.4) is 0 Å². The Bertz CT molecular complexity index is 990. The molecule has 140 valence electrons. The number of likely N-dealkylation sites (N-methyl/N-ethyl adjacent to an activating group) is 1. The molecule has 1 aliphatic rings. The van der Waals surface area contributed by atoms with Crippen molar-refractivity contribution in [1.82, 2.24) is 0 Å². The molecule has 0 aliphatic carbocycles. The number of halogens is 1. The Morgan fingerprint density at radius 3 is 2.63 bits per heavy atom. The standard InChI is InChI=1S/C22H23ClN2O2/c1-13-11-22(3,4)25(5)20-10-18(23)15(9-17(13)20)12-24-19-8-6-7-16(14(19)2)21(26)27/h6-12H,1-5H3,(H,26,27). The van der Waals surface area contributed by atoms with Gasteiger partial charge in [0.25, 0.3) is 0 Å². The van der Waals surface area contributed by atoms with Crippen LogP contribution in [0.4, 0.5) is 11.4 Å². The van der Waals surface area contributed by atoms with Gasteiger partial charge >= 0.3 is 5.97 Å². The molecule has 3 rings (SSSR count). The van der Waals surface area contributed by atoms with Gasteiger partial charge in [-0.05, 0) is 63.1 Å². The first-order chi connectivity index (χ1) is 12.6. The van der Waals surface area contributed by atoms with Gasteiger partial charge in [0.2, 0.25) is 0 Å². The minimum Gasteiger partial charge on any atom is -0.478 e. The van der Waals surface area contributed by atoms with Crippen LogP contribution in [-0.4, -0.2) is 29.9 Å². The maximum atomic E-state index is 11.3. The van der Waals surface area contributed by atoms with Crippen molar-refractivity contribution < 1.29 is 9.90 Å². The SMILES string of the molecule is CC1=CC(C)(C)N(C)c2cc(Cl)c(C=Nc3cccc(C(=O)O)c3C)cc21. The molecular formula is C22H23ClN2O2. The number of carboxylic acid groups (broad SMARTS) is 1. The highest BCUT2D eigenvalue weighted by atomic mass is 35.5. The molecule has 27 heavy (non-hydrogen) atoms. The number of hydrogen-bond donors (Lipinski definition) is 1. The van der Waals surface area contributed by atoms with Crippen molar-refractivity contribution in [2.24, 2.45) is 4.99 Å². The number of aromatic carboxylic acids is 1. The third-order valence-electron chi connectivity index (χ3n) is 5.21. The van der Waals surface area contributed by atoms with Crippen LogP contribution in [0.15, 0.2) is 41.4 Å². The molecule has 1 aliphatic heterocycles. The molecule has 4 nitrogen and oxygen atoms in total. The van der Waals surface area contributed by atoms with Crippen LogP contribution in [0.1, 0.15) is 47.8 Å². The number of nitrogens with zero attached hydrogens (tertiary/aromatic N) is 2. The predicted molar refractivity (Wildman–Crippen MR) is 113 cm³/mol. The summed E-state index contributed by atoms with van der Waals surface area (Å²) >= 11 is 6.52. The molecule has 5 heteroatoms. The van der Waals surface area contributed by atoms with Gasteiger partial charge in [-0.1, -0.05) is 23.7 Å². The van der Waals surface area contributed by atoms with Crippen LogP contribution in [0.2, 0.25) is 5.02 Å². The smallest absolute Gasteiger partial charge is 0.336 e. The highest BCUT2D eigenvalue weighted by Crippen LogP contribution is 2.40. The first kappa shape index (κ1) is 19.2. The summed E-state index contributed by atoms with van der Waals surface area (Å²) in [5.74, 6) is -0.956. The first-order valence-electron chi connectivity index (χ1n) is 8.76. The van der Waals surface area contributed by atoms with Crippen LogP contribution < -0.4 is 4.90 Å². The molecule has 0 atom stereocenters. The maximum Gasteiger partial charge on any atom is 0.336 e. The van der Waals surface area contributed by atoms with Gasteiger partial charge in [-0.2, -0.15) is 0 Å². The van der Waals surface area contributed by atoms with Crippen molar-refractivity contribution in [2.45, 2.75) is 33.2 Å². The van der Waals surface area contributed by atoms with Crippen LogP contribution in [0.25, 0.3) is 5.57 Å². The number of carboxylic acids is 1. The zero-order valence-corrected chi connectivity index (χ0v) is 16.9. The van der Waals surface area contributed by atoms with E-state index in [4.69, 9.17) is 11.6 Å². The number of hydrogen-bond acceptors (Lipinski definition) is 3. The van der Waals surface area contributed by atoms with Crippen LogP contribution in [0.5, 0.6) is 0 Å². The molecule has 2 aromatic rings. The van der Waals surface area contributed by atoms with Gasteiger partial charge in [0.05, 0.1) is 21.8 Å². The highest BCUT2D eigenvalue weighted by molar-refractivity contribution is 6.33. The van der Waals surface area contributed by atoms with E-state index in [0.717, 1.165) is 16.8 Å². The summed E-state index contributed by atoms with van der Waals surface area (Å²) in [4.78, 5) is 18.0. The Hall–Kier alpha value is -2.59. The molecule has 0 unspecified atom stereocenters. The third kappa shape index (κ3) is 3.50. The molecular weight excluding hydrogens is 360 g/mol. The molecule has 1 N–H and O–H groups in total. The van der Waals surface area contributed by atoms with Gasteiger partial charge in [0, 0.05) is 30.1 Å². The molecule has 0 saturated heterocycles. The lowest BCUT2D eigenvalue weighted by atomic mass is 9.88. The van der Waals surface area contributed by atoms with E-state index in [9.17, 15) is 9.90 Å². The number of carbonyl (C=O) groups is 1. The molecule has 0 bridgehead atoms. The quantitative estimate of drug-likeness (QED) is 0.689. The second kappa shape index (κ2) is 6.86. The number of anilines is 1. The summed E-state index contributed by atoms with van der Waals surface area (Å²) in [5.41, 5.74) is 5.64. The van der Waals surface area contributed by atoms with Crippen LogP contribution >= 0.6 is 11.6 Å². The average molecular weight is 383 g/mol. The molecule has 0 saturated carbocycles. The van der Waals surface area contributed by atoms with Crippen molar-refractivity contribution in [3.63, 3.8) is 0 Å². The van der Waals surface area contributed by atoms with Crippen molar-refractivity contribution in [3.8, 4) is 0 Å². The van der Waals surface area contributed by atoms with Crippen molar-refractivity contribution >= 4 is 40.7 Å². The first-order valence-corrected chi connectivity index (χ1v) is 9.14. The van der Waals surface area contributed by atoms with E-state index >= 15 is 0 Å². The molecule has 0 fully saturated rings. The lowest BCUT2D eigenvalue weighted by molar-refractivity contribution is 0.0696. The van der Waals surface area contributed by atoms with E-state index in [1.807, 2.05) is 12.1 Å². The number of aliphatic imine (C=N–C) groups is 1. The third-order valence-corrected chi connectivity index (χ3v) is 5.54. The summed E-state index contributed by atoms with van der Waals surface area (Å²) in [6.07, 6.45) is 3.94. The second-order valence-corrected chi connectivity index (χ2v) is 7.85. The van der Waals surface area contributed by atoms with Gasteiger partial charge in [0.15, 0.2) is 0 Å². The summed E-state index contributed by atoms with van der Waals surface area (Å²) in [6.45, 7) is 8.19. The number of fused-ring (bicyclic) bond motifs is 1. The number of benzene rings is 2. The normalized spacial score (nSPS) is 15.6. The Morgan fingerprint density at radius 2 is 1.96 bits per heavy atom. The van der Waals surface area contributed by atoms with Crippen molar-refractivity contribution in [3.05, 3.63) is 63.7 Å². The fourth-order valence-electron chi connectivity index (χ4n) is 3.42. The highest BCUT2D eigenvalue weighted by Gasteiger charge is 2.29. The Morgan fingerprint density at radius 1 is 1.26 bits per heavy atom. The maximum absolute atomic E-state index is 11.3. The fourth-order valence-corrected chi connectivity index (χ4v) is 3.63. The summed E-state index contributed by atoms with van der Waals surface area (Å²) in [6, 6.07) is 9.08. The van der Waals surface area contributed by atoms with Crippen LogP contribution in [0, 0.1) is 6.92 Å². The molecule has 0 amide bonds. The fraction of sp³-hybridized carbons (Fsp3) is 0.273. The van der Waals surface area contributed by atoms with E-state index in [2.05, 4.69) is 43.8 Å². The Balaban J connectivity index is 2.03. The molecule has 0 spiro atoms. The van der Waals surface area contributed by atoms with Gasteiger partial charge in [-0.15, -0.1) is 0 Å². The van der Waals surface area contributed by atoms with Crippen LogP contribution in [-0.2, 0) is 0 Å². The van der Waals surface area contributed by atoms with E-state index in [0.29, 0.717) is 16.3 Å². The van der Waals surface area contributed by atoms with Crippen molar-refractivity contribution in [1.29, 1.82) is 0 Å². The van der Waals surface area contributed by atoms with E-state index in [1.165, 1.54) is 5.57 Å². The molecule has 1 heterocycles. The minimum absolute atomic E-state index is 0.0790. The Labute approximate surface area is 164 Å². The van der Waals surface area contributed by atoms with E-state index in [1.54, 1.807) is 31.3 Å². The van der Waals surface area contributed by atoms with Crippen molar-refractivity contribution in [2.75, 3.05) is 11.9 Å². The van der Waals surface area contributed by atoms with Gasteiger partial charge in [-0.3, -0.25) is 4.99 Å². The Kier molecular flexibility index (Phi) is 4.87. The second-order valence-electron chi connectivity index (χ2n) is 7.44.